The first kappa shape index (κ1) is 14.3. The molecule has 3 N–H and O–H groups in total. The summed E-state index contributed by atoms with van der Waals surface area (Å²) in [6.07, 6.45) is 2.94. The van der Waals surface area contributed by atoms with Crippen LogP contribution in [0.1, 0.15) is 5.56 Å². The molecule has 0 saturated heterocycles. The highest BCUT2D eigenvalue weighted by Crippen LogP contribution is 2.25. The second kappa shape index (κ2) is 5.98. The number of hydrogen-bond acceptors (Lipinski definition) is 5. The van der Waals surface area contributed by atoms with Crippen molar-refractivity contribution in [2.75, 3.05) is 5.43 Å². The van der Waals surface area contributed by atoms with Crippen molar-refractivity contribution in [1.29, 1.82) is 0 Å². The number of phenolic OH excluding ortho intramolecular Hbond substituents is 1. The third-order valence-corrected chi connectivity index (χ3v) is 3.91. The Kier molecular flexibility index (Phi) is 3.88. The van der Waals surface area contributed by atoms with Crippen LogP contribution in [0.5, 0.6) is 5.75 Å². The molecular weight excluding hydrogens is 348 g/mol. The number of hydrogen-bond donors (Lipinski definition) is 3. The molecule has 7 heteroatoms. The van der Waals surface area contributed by atoms with E-state index in [1.54, 1.807) is 6.07 Å². The van der Waals surface area contributed by atoms with Crippen LogP contribution >= 0.6 is 15.9 Å². The highest BCUT2D eigenvalue weighted by atomic mass is 79.9. The fourth-order valence-electron chi connectivity index (χ4n) is 2.05. The van der Waals surface area contributed by atoms with Crippen LogP contribution in [0.25, 0.3) is 10.8 Å². The van der Waals surface area contributed by atoms with Crippen molar-refractivity contribution in [3.8, 4) is 5.75 Å². The van der Waals surface area contributed by atoms with E-state index in [4.69, 9.17) is 0 Å². The molecule has 0 fully saturated rings. The van der Waals surface area contributed by atoms with Crippen LogP contribution in [0.15, 0.2) is 57.0 Å². The Bertz CT molecular complexity index is 921. The first-order valence-electron chi connectivity index (χ1n) is 6.40. The van der Waals surface area contributed by atoms with E-state index >= 15 is 0 Å². The maximum atomic E-state index is 11.4. The van der Waals surface area contributed by atoms with Gasteiger partial charge in [-0.3, -0.25) is 10.2 Å². The highest BCUT2D eigenvalue weighted by molar-refractivity contribution is 9.10. The fourth-order valence-corrected chi connectivity index (χ4v) is 2.33. The number of phenols is 1. The first-order chi connectivity index (χ1) is 10.7. The van der Waals surface area contributed by atoms with E-state index in [-0.39, 0.29) is 11.3 Å². The normalized spacial score (nSPS) is 11.1. The number of halogens is 1. The maximum Gasteiger partial charge on any atom is 0.280 e. The largest absolute Gasteiger partial charge is 0.507 e. The maximum absolute atomic E-state index is 11.4. The van der Waals surface area contributed by atoms with E-state index in [0.717, 1.165) is 10.8 Å². The zero-order valence-corrected chi connectivity index (χ0v) is 12.8. The molecular formula is C15H11BrN4O2. The number of fused-ring (bicyclic) bond motifs is 1. The van der Waals surface area contributed by atoms with Crippen molar-refractivity contribution >= 4 is 38.6 Å². The third kappa shape index (κ3) is 2.71. The topological polar surface area (TPSA) is 90.4 Å². The molecule has 6 nitrogen and oxygen atoms in total. The van der Waals surface area contributed by atoms with E-state index < -0.39 is 0 Å². The molecule has 3 rings (SSSR count). The van der Waals surface area contributed by atoms with Crippen LogP contribution in [0.4, 0.5) is 5.69 Å². The summed E-state index contributed by atoms with van der Waals surface area (Å²) in [5.74, 6) is 0.132. The lowest BCUT2D eigenvalue weighted by Gasteiger charge is -2.05. The van der Waals surface area contributed by atoms with Gasteiger partial charge < -0.3 is 5.11 Å². The van der Waals surface area contributed by atoms with Gasteiger partial charge >= 0.3 is 0 Å². The van der Waals surface area contributed by atoms with Gasteiger partial charge in [0.25, 0.3) is 5.56 Å². The lowest BCUT2D eigenvalue weighted by atomic mass is 10.0. The summed E-state index contributed by atoms with van der Waals surface area (Å²) >= 11 is 3.15. The van der Waals surface area contributed by atoms with Crippen LogP contribution in [-0.4, -0.2) is 21.5 Å². The lowest BCUT2D eigenvalue weighted by Crippen LogP contribution is -2.10. The third-order valence-electron chi connectivity index (χ3n) is 3.12. The zero-order chi connectivity index (χ0) is 15.5. The Hall–Kier alpha value is -2.67. The standard InChI is InChI=1S/C15H11BrN4O2/c16-14-12(8-18-20-15(14)22)19-17-7-11-10-4-2-1-3-9(10)5-6-13(11)21/h1-8,21H,(H2,19,20,22). The van der Waals surface area contributed by atoms with Crippen LogP contribution in [0.3, 0.4) is 0 Å². The van der Waals surface area contributed by atoms with E-state index in [0.29, 0.717) is 15.7 Å². The molecule has 0 amide bonds. The summed E-state index contributed by atoms with van der Waals surface area (Å²) in [5, 5.41) is 21.9. The molecule has 0 atom stereocenters. The van der Waals surface area contributed by atoms with Gasteiger partial charge in [0, 0.05) is 5.56 Å². The van der Waals surface area contributed by atoms with Crippen LogP contribution in [0.2, 0.25) is 0 Å². The Morgan fingerprint density at radius 1 is 1.27 bits per heavy atom. The van der Waals surface area contributed by atoms with Crippen molar-refractivity contribution < 1.29 is 5.11 Å². The minimum atomic E-state index is -0.354. The van der Waals surface area contributed by atoms with Gasteiger partial charge in [-0.05, 0) is 32.8 Å². The van der Waals surface area contributed by atoms with Crippen LogP contribution in [-0.2, 0) is 0 Å². The number of nitrogens with zero attached hydrogens (tertiary/aromatic N) is 2. The van der Waals surface area contributed by atoms with Crippen molar-refractivity contribution in [3.63, 3.8) is 0 Å². The number of hydrazone groups is 1. The summed E-state index contributed by atoms with van der Waals surface area (Å²) in [4.78, 5) is 11.4. The van der Waals surface area contributed by atoms with Gasteiger partial charge in [0.1, 0.15) is 10.2 Å². The molecule has 0 aliphatic rings. The quantitative estimate of drug-likeness (QED) is 0.496. The van der Waals surface area contributed by atoms with Crippen LogP contribution in [0, 0.1) is 0 Å². The van der Waals surface area contributed by atoms with E-state index in [1.165, 1.54) is 12.4 Å². The molecule has 0 spiro atoms. The average Bonchev–Trinajstić information content (AvgIpc) is 2.53. The van der Waals surface area contributed by atoms with Crippen molar-refractivity contribution in [3.05, 3.63) is 63.0 Å². The lowest BCUT2D eigenvalue weighted by molar-refractivity contribution is 0.475. The van der Waals surface area contributed by atoms with Gasteiger partial charge in [0.15, 0.2) is 0 Å². The van der Waals surface area contributed by atoms with E-state index in [9.17, 15) is 9.90 Å². The number of H-pyrrole nitrogens is 1. The fraction of sp³-hybridized carbons (Fsp3) is 0. The van der Waals surface area contributed by atoms with E-state index in [2.05, 4.69) is 36.7 Å². The predicted molar refractivity (Wildman–Crippen MR) is 89.4 cm³/mol. The van der Waals surface area contributed by atoms with E-state index in [1.807, 2.05) is 30.3 Å². The number of anilines is 1. The summed E-state index contributed by atoms with van der Waals surface area (Å²) in [6.45, 7) is 0. The van der Waals surface area contributed by atoms with Gasteiger partial charge in [0.2, 0.25) is 0 Å². The van der Waals surface area contributed by atoms with Crippen molar-refractivity contribution in [2.24, 2.45) is 5.10 Å². The Morgan fingerprint density at radius 3 is 2.95 bits per heavy atom. The zero-order valence-electron chi connectivity index (χ0n) is 11.2. The summed E-state index contributed by atoms with van der Waals surface area (Å²) in [5.41, 5.74) is 3.40. The molecule has 0 aliphatic carbocycles. The molecule has 110 valence electrons. The molecule has 0 aliphatic heterocycles. The van der Waals surface area contributed by atoms with Gasteiger partial charge in [-0.15, -0.1) is 0 Å². The predicted octanol–water partition coefficient (Wildman–Crippen LogP) is 2.84. The molecule has 1 aromatic heterocycles. The molecule has 1 heterocycles. The smallest absolute Gasteiger partial charge is 0.280 e. The molecule has 0 radical (unpaired) electrons. The van der Waals surface area contributed by atoms with Gasteiger partial charge in [-0.1, -0.05) is 30.3 Å². The molecule has 22 heavy (non-hydrogen) atoms. The Balaban J connectivity index is 1.95. The molecule has 0 bridgehead atoms. The number of nitrogens with one attached hydrogen (secondary N) is 2. The number of benzene rings is 2. The summed E-state index contributed by atoms with van der Waals surface area (Å²) in [6, 6.07) is 11.1. The molecule has 3 aromatic rings. The molecule has 2 aromatic carbocycles. The number of aromatic nitrogens is 2. The molecule has 0 unspecified atom stereocenters. The summed E-state index contributed by atoms with van der Waals surface area (Å²) in [7, 11) is 0. The Labute approximate surface area is 133 Å². The van der Waals surface area contributed by atoms with Crippen molar-refractivity contribution in [1.82, 2.24) is 10.2 Å². The van der Waals surface area contributed by atoms with Crippen LogP contribution < -0.4 is 11.0 Å². The second-order valence-electron chi connectivity index (χ2n) is 4.52. The summed E-state index contributed by atoms with van der Waals surface area (Å²) < 4.78 is 0.307. The minimum Gasteiger partial charge on any atom is -0.507 e. The number of aromatic amines is 1. The highest BCUT2D eigenvalue weighted by Gasteiger charge is 2.05. The SMILES string of the molecule is O=c1[nH]ncc(NN=Cc2c(O)ccc3ccccc23)c1Br. The monoisotopic (exact) mass is 358 g/mol. The first-order valence-corrected chi connectivity index (χ1v) is 7.19. The number of rotatable bonds is 3. The average molecular weight is 359 g/mol. The second-order valence-corrected chi connectivity index (χ2v) is 5.31. The van der Waals surface area contributed by atoms with Gasteiger partial charge in [0.05, 0.1) is 18.1 Å². The number of aromatic hydroxyl groups is 1. The van der Waals surface area contributed by atoms with Crippen molar-refractivity contribution in [2.45, 2.75) is 0 Å². The van der Waals surface area contributed by atoms with Gasteiger partial charge in [-0.25, -0.2) is 5.10 Å². The Morgan fingerprint density at radius 2 is 2.09 bits per heavy atom. The molecule has 0 saturated carbocycles. The minimum absolute atomic E-state index is 0.132. The van der Waals surface area contributed by atoms with Gasteiger partial charge in [-0.2, -0.15) is 10.2 Å².